The van der Waals surface area contributed by atoms with Gasteiger partial charge in [0.2, 0.25) is 0 Å². The molecule has 6 aromatic carbocycles. The van der Waals surface area contributed by atoms with Crippen molar-refractivity contribution < 1.29 is 8.83 Å². The first kappa shape index (κ1) is 22.3. The molecule has 3 heteroatoms. The van der Waals surface area contributed by atoms with Crippen molar-refractivity contribution in [2.75, 3.05) is 0 Å². The molecular formula is C38H23NO2. The van der Waals surface area contributed by atoms with Crippen molar-refractivity contribution in [1.29, 1.82) is 0 Å². The number of hydrogen-bond acceptors (Lipinski definition) is 2. The number of fused-ring (bicyclic) bond motifs is 8. The predicted octanol–water partition coefficient (Wildman–Crippen LogP) is 10.8. The van der Waals surface area contributed by atoms with Crippen molar-refractivity contribution in [3.05, 3.63) is 140 Å². The minimum atomic E-state index is 0.885. The highest BCUT2D eigenvalue weighted by molar-refractivity contribution is 6.20. The highest BCUT2D eigenvalue weighted by Crippen LogP contribution is 2.44. The number of benzene rings is 6. The van der Waals surface area contributed by atoms with Crippen LogP contribution in [-0.4, -0.2) is 4.57 Å². The molecule has 0 aliphatic heterocycles. The highest BCUT2D eigenvalue weighted by Gasteiger charge is 2.22. The molecule has 3 aromatic heterocycles. The first-order valence-corrected chi connectivity index (χ1v) is 13.9. The fourth-order valence-electron chi connectivity index (χ4n) is 6.46. The fraction of sp³-hybridized carbons (Fsp3) is 0. The molecule has 41 heavy (non-hydrogen) atoms. The smallest absolute Gasteiger partial charge is 0.161 e. The number of furan rings is 2. The quantitative estimate of drug-likeness (QED) is 0.230. The molecule has 0 saturated heterocycles. The van der Waals surface area contributed by atoms with Crippen LogP contribution in [0, 0.1) is 0 Å². The molecule has 0 amide bonds. The molecule has 0 bridgehead atoms. The summed E-state index contributed by atoms with van der Waals surface area (Å²) in [5.41, 5.74) is 11.6. The van der Waals surface area contributed by atoms with Crippen LogP contribution < -0.4 is 0 Å². The fourth-order valence-corrected chi connectivity index (χ4v) is 6.46. The van der Waals surface area contributed by atoms with Crippen LogP contribution in [0.15, 0.2) is 148 Å². The number of hydrogen-bond donors (Lipinski definition) is 0. The van der Waals surface area contributed by atoms with E-state index in [-0.39, 0.29) is 0 Å². The zero-order valence-corrected chi connectivity index (χ0v) is 22.0. The van der Waals surface area contributed by atoms with Gasteiger partial charge in [-0.1, -0.05) is 91.0 Å². The van der Waals surface area contributed by atoms with Gasteiger partial charge in [-0.25, -0.2) is 0 Å². The summed E-state index contributed by atoms with van der Waals surface area (Å²) >= 11 is 0. The van der Waals surface area contributed by atoms with Crippen molar-refractivity contribution in [3.63, 3.8) is 0 Å². The second kappa shape index (κ2) is 8.48. The molecule has 192 valence electrons. The van der Waals surface area contributed by atoms with Gasteiger partial charge in [0.25, 0.3) is 0 Å². The van der Waals surface area contributed by atoms with Crippen LogP contribution in [0.4, 0.5) is 0 Å². The van der Waals surface area contributed by atoms with Gasteiger partial charge >= 0.3 is 0 Å². The number of rotatable bonds is 3. The lowest BCUT2D eigenvalue weighted by Crippen LogP contribution is -1.93. The van der Waals surface area contributed by atoms with E-state index in [4.69, 9.17) is 8.83 Å². The standard InChI is InChI=1S/C38H23NO2/c1-2-13-26(14-3-1)39-31-19-6-4-15-29(31)38-37(39)36-28(18-10-22-34(36)41-38)25-12-8-11-24(23-25)27-17-9-21-33-35(27)30-16-5-7-20-32(30)40-33/h1-23H. The van der Waals surface area contributed by atoms with Crippen LogP contribution in [0.2, 0.25) is 0 Å². The summed E-state index contributed by atoms with van der Waals surface area (Å²) < 4.78 is 15.1. The van der Waals surface area contributed by atoms with Crippen LogP contribution in [0.25, 0.3) is 82.9 Å². The molecule has 3 nitrogen and oxygen atoms in total. The Morgan fingerprint density at radius 3 is 1.85 bits per heavy atom. The molecule has 0 saturated carbocycles. The minimum Gasteiger partial charge on any atom is -0.456 e. The highest BCUT2D eigenvalue weighted by atomic mass is 16.3. The van der Waals surface area contributed by atoms with Crippen molar-refractivity contribution in [1.82, 2.24) is 4.57 Å². The third kappa shape index (κ3) is 3.20. The van der Waals surface area contributed by atoms with Crippen LogP contribution in [0.5, 0.6) is 0 Å². The first-order valence-electron chi connectivity index (χ1n) is 13.9. The molecule has 3 heterocycles. The van der Waals surface area contributed by atoms with E-state index >= 15 is 0 Å². The van der Waals surface area contributed by atoms with Crippen LogP contribution in [-0.2, 0) is 0 Å². The van der Waals surface area contributed by atoms with Crippen LogP contribution in [0.1, 0.15) is 0 Å². The van der Waals surface area contributed by atoms with Gasteiger partial charge in [-0.3, -0.25) is 0 Å². The largest absolute Gasteiger partial charge is 0.456 e. The van der Waals surface area contributed by atoms with Crippen LogP contribution >= 0.6 is 0 Å². The molecule has 0 aliphatic carbocycles. The second-order valence-electron chi connectivity index (χ2n) is 10.5. The minimum absolute atomic E-state index is 0.885. The Bertz CT molecular complexity index is 2420. The predicted molar refractivity (Wildman–Crippen MR) is 169 cm³/mol. The van der Waals surface area contributed by atoms with E-state index in [0.717, 1.165) is 82.9 Å². The Morgan fingerprint density at radius 1 is 0.439 bits per heavy atom. The number of aromatic nitrogens is 1. The Labute approximate surface area is 235 Å². The van der Waals surface area contributed by atoms with Gasteiger partial charge < -0.3 is 13.4 Å². The first-order chi connectivity index (χ1) is 20.3. The van der Waals surface area contributed by atoms with Gasteiger partial charge in [0.1, 0.15) is 22.3 Å². The molecule has 0 fully saturated rings. The van der Waals surface area contributed by atoms with E-state index in [9.17, 15) is 0 Å². The molecule has 0 atom stereocenters. The summed E-state index contributed by atoms with van der Waals surface area (Å²) in [5, 5.41) is 4.51. The maximum atomic E-state index is 6.61. The van der Waals surface area contributed by atoms with Gasteiger partial charge in [0.05, 0.1) is 10.9 Å². The lowest BCUT2D eigenvalue weighted by atomic mass is 9.94. The Hall–Kier alpha value is -5.54. The molecular weight excluding hydrogens is 502 g/mol. The van der Waals surface area contributed by atoms with E-state index < -0.39 is 0 Å². The lowest BCUT2D eigenvalue weighted by molar-refractivity contribution is 0.669. The van der Waals surface area contributed by atoms with Crippen LogP contribution in [0.3, 0.4) is 0 Å². The van der Waals surface area contributed by atoms with E-state index in [1.807, 2.05) is 18.2 Å². The van der Waals surface area contributed by atoms with E-state index in [1.54, 1.807) is 0 Å². The summed E-state index contributed by atoms with van der Waals surface area (Å²) in [6, 6.07) is 48.8. The maximum absolute atomic E-state index is 6.61. The summed E-state index contributed by atoms with van der Waals surface area (Å²) in [7, 11) is 0. The second-order valence-corrected chi connectivity index (χ2v) is 10.5. The summed E-state index contributed by atoms with van der Waals surface area (Å²) in [5.74, 6) is 0. The maximum Gasteiger partial charge on any atom is 0.161 e. The number of para-hydroxylation sites is 3. The Morgan fingerprint density at radius 2 is 1.05 bits per heavy atom. The molecule has 9 aromatic rings. The molecule has 0 unspecified atom stereocenters. The van der Waals surface area contributed by atoms with Gasteiger partial charge in [0, 0.05) is 21.8 Å². The average Bonchev–Trinajstić information content (AvgIpc) is 3.70. The van der Waals surface area contributed by atoms with Crippen molar-refractivity contribution in [2.24, 2.45) is 0 Å². The van der Waals surface area contributed by atoms with Crippen molar-refractivity contribution in [2.45, 2.75) is 0 Å². The number of nitrogens with zero attached hydrogens (tertiary/aromatic N) is 1. The molecule has 0 spiro atoms. The average molecular weight is 526 g/mol. The SMILES string of the molecule is c1ccc(-n2c3ccccc3c3oc4cccc(-c5cccc(-c6cccc7oc8ccccc8c67)c5)c4c32)cc1. The van der Waals surface area contributed by atoms with Gasteiger partial charge in [-0.15, -0.1) is 0 Å². The molecule has 0 aliphatic rings. The van der Waals surface area contributed by atoms with Crippen molar-refractivity contribution >= 4 is 54.9 Å². The Kier molecular flexibility index (Phi) is 4.61. The zero-order chi connectivity index (χ0) is 26.9. The van der Waals surface area contributed by atoms with Gasteiger partial charge in [-0.05, 0) is 70.8 Å². The third-order valence-corrected chi connectivity index (χ3v) is 8.20. The summed E-state index contributed by atoms with van der Waals surface area (Å²) in [4.78, 5) is 0. The van der Waals surface area contributed by atoms with E-state index in [1.165, 1.54) is 0 Å². The summed E-state index contributed by atoms with van der Waals surface area (Å²) in [6.07, 6.45) is 0. The van der Waals surface area contributed by atoms with E-state index in [0.29, 0.717) is 0 Å². The molecule has 0 radical (unpaired) electrons. The normalized spacial score (nSPS) is 11.9. The van der Waals surface area contributed by atoms with E-state index in [2.05, 4.69) is 126 Å². The van der Waals surface area contributed by atoms with Crippen molar-refractivity contribution in [3.8, 4) is 27.9 Å². The lowest BCUT2D eigenvalue weighted by Gasteiger charge is -2.11. The Balaban J connectivity index is 1.33. The monoisotopic (exact) mass is 525 g/mol. The molecule has 0 N–H and O–H groups in total. The third-order valence-electron chi connectivity index (χ3n) is 8.20. The topological polar surface area (TPSA) is 31.2 Å². The summed E-state index contributed by atoms with van der Waals surface area (Å²) in [6.45, 7) is 0. The van der Waals surface area contributed by atoms with Gasteiger partial charge in [0.15, 0.2) is 5.58 Å². The molecule has 9 rings (SSSR count). The zero-order valence-electron chi connectivity index (χ0n) is 22.0. The van der Waals surface area contributed by atoms with Gasteiger partial charge in [-0.2, -0.15) is 0 Å².